The van der Waals surface area contributed by atoms with Crippen LogP contribution in [0.2, 0.25) is 0 Å². The fraction of sp³-hybridized carbons (Fsp3) is 0.455. The highest BCUT2D eigenvalue weighted by atomic mass is 127. The normalized spacial score (nSPS) is 12.5. The third kappa shape index (κ3) is 4.28. The first-order chi connectivity index (χ1) is 6.72. The highest BCUT2D eigenvalue weighted by Gasteiger charge is 2.01. The standard InChI is InChI=1S/C11H16INO/c1-9(4-3-7-14)13-11-6-2-5-10(12)8-11/h2,5-6,8-9,13-14H,3-4,7H2,1H3. The van der Waals surface area contributed by atoms with E-state index in [2.05, 4.69) is 53.0 Å². The Morgan fingerprint density at radius 2 is 2.29 bits per heavy atom. The Morgan fingerprint density at radius 1 is 1.50 bits per heavy atom. The molecular weight excluding hydrogens is 289 g/mol. The molecule has 0 aliphatic rings. The van der Waals surface area contributed by atoms with Gasteiger partial charge in [-0.2, -0.15) is 0 Å². The Balaban J connectivity index is 2.43. The molecule has 0 fully saturated rings. The van der Waals surface area contributed by atoms with E-state index in [1.807, 2.05) is 6.07 Å². The van der Waals surface area contributed by atoms with Gasteiger partial charge >= 0.3 is 0 Å². The topological polar surface area (TPSA) is 32.3 Å². The van der Waals surface area contributed by atoms with Gasteiger partial charge in [0.15, 0.2) is 0 Å². The van der Waals surface area contributed by atoms with Crippen molar-refractivity contribution in [3.8, 4) is 0 Å². The van der Waals surface area contributed by atoms with E-state index in [0.29, 0.717) is 6.04 Å². The van der Waals surface area contributed by atoms with Crippen LogP contribution < -0.4 is 5.32 Å². The van der Waals surface area contributed by atoms with Gasteiger partial charge in [0.1, 0.15) is 0 Å². The highest BCUT2D eigenvalue weighted by molar-refractivity contribution is 14.1. The summed E-state index contributed by atoms with van der Waals surface area (Å²) in [6, 6.07) is 8.72. The van der Waals surface area contributed by atoms with E-state index in [9.17, 15) is 0 Å². The summed E-state index contributed by atoms with van der Waals surface area (Å²) in [5, 5.41) is 12.1. The van der Waals surface area contributed by atoms with E-state index in [1.165, 1.54) is 3.57 Å². The summed E-state index contributed by atoms with van der Waals surface area (Å²) >= 11 is 2.30. The maximum atomic E-state index is 8.70. The molecule has 2 nitrogen and oxygen atoms in total. The molecule has 0 saturated carbocycles. The maximum absolute atomic E-state index is 8.70. The number of nitrogens with one attached hydrogen (secondary N) is 1. The lowest BCUT2D eigenvalue weighted by atomic mass is 10.2. The van der Waals surface area contributed by atoms with Crippen molar-refractivity contribution in [3.05, 3.63) is 27.8 Å². The van der Waals surface area contributed by atoms with Crippen molar-refractivity contribution in [1.82, 2.24) is 0 Å². The zero-order chi connectivity index (χ0) is 10.4. The molecule has 1 rings (SSSR count). The number of rotatable bonds is 5. The van der Waals surface area contributed by atoms with Gasteiger partial charge in [-0.3, -0.25) is 0 Å². The van der Waals surface area contributed by atoms with Crippen molar-refractivity contribution in [2.75, 3.05) is 11.9 Å². The molecule has 2 N–H and O–H groups in total. The lowest BCUT2D eigenvalue weighted by Crippen LogP contribution is -2.15. The molecule has 1 atom stereocenters. The summed E-state index contributed by atoms with van der Waals surface area (Å²) in [5.41, 5.74) is 1.15. The molecule has 0 amide bonds. The van der Waals surface area contributed by atoms with Gasteiger partial charge in [0, 0.05) is 21.9 Å². The number of hydrogen-bond acceptors (Lipinski definition) is 2. The third-order valence-corrected chi connectivity index (χ3v) is 2.70. The molecule has 0 aromatic heterocycles. The highest BCUT2D eigenvalue weighted by Crippen LogP contribution is 2.14. The molecule has 0 radical (unpaired) electrons. The smallest absolute Gasteiger partial charge is 0.0431 e. The third-order valence-electron chi connectivity index (χ3n) is 2.03. The number of anilines is 1. The van der Waals surface area contributed by atoms with Gasteiger partial charge in [0.05, 0.1) is 0 Å². The molecule has 1 aromatic rings. The SMILES string of the molecule is CC(CCCO)Nc1cccc(I)c1. The van der Waals surface area contributed by atoms with Crippen molar-refractivity contribution < 1.29 is 5.11 Å². The summed E-state index contributed by atoms with van der Waals surface area (Å²) < 4.78 is 1.24. The van der Waals surface area contributed by atoms with Crippen LogP contribution in [0.4, 0.5) is 5.69 Å². The number of benzene rings is 1. The molecule has 0 saturated heterocycles. The van der Waals surface area contributed by atoms with Crippen LogP contribution in [-0.4, -0.2) is 17.8 Å². The molecule has 0 bridgehead atoms. The van der Waals surface area contributed by atoms with Crippen LogP contribution >= 0.6 is 22.6 Å². The van der Waals surface area contributed by atoms with Crippen LogP contribution in [0.5, 0.6) is 0 Å². The maximum Gasteiger partial charge on any atom is 0.0431 e. The predicted octanol–water partition coefficient (Wildman–Crippen LogP) is 2.86. The zero-order valence-corrected chi connectivity index (χ0v) is 10.5. The summed E-state index contributed by atoms with van der Waals surface area (Å²) in [6.07, 6.45) is 1.86. The Morgan fingerprint density at radius 3 is 2.93 bits per heavy atom. The molecular formula is C11H16INO. The van der Waals surface area contributed by atoms with Crippen molar-refractivity contribution in [3.63, 3.8) is 0 Å². The van der Waals surface area contributed by atoms with Crippen molar-refractivity contribution in [2.45, 2.75) is 25.8 Å². The van der Waals surface area contributed by atoms with E-state index in [4.69, 9.17) is 5.11 Å². The number of aliphatic hydroxyl groups excluding tert-OH is 1. The van der Waals surface area contributed by atoms with E-state index >= 15 is 0 Å². The predicted molar refractivity (Wildman–Crippen MR) is 68.6 cm³/mol. The monoisotopic (exact) mass is 305 g/mol. The number of aliphatic hydroxyl groups is 1. The Labute approximate surface area is 98.9 Å². The van der Waals surface area contributed by atoms with Crippen molar-refractivity contribution in [1.29, 1.82) is 0 Å². The Hall–Kier alpha value is -0.290. The van der Waals surface area contributed by atoms with Gasteiger partial charge in [-0.15, -0.1) is 0 Å². The van der Waals surface area contributed by atoms with E-state index < -0.39 is 0 Å². The first-order valence-electron chi connectivity index (χ1n) is 4.85. The van der Waals surface area contributed by atoms with Crippen LogP contribution in [0.25, 0.3) is 0 Å². The quantitative estimate of drug-likeness (QED) is 0.820. The Kier molecular flexibility index (Phi) is 5.25. The fourth-order valence-corrected chi connectivity index (χ4v) is 1.88. The average molecular weight is 305 g/mol. The summed E-state index contributed by atoms with van der Waals surface area (Å²) in [5.74, 6) is 0. The molecule has 3 heteroatoms. The van der Waals surface area contributed by atoms with Gasteiger partial charge in [0.25, 0.3) is 0 Å². The first-order valence-corrected chi connectivity index (χ1v) is 5.93. The van der Waals surface area contributed by atoms with Gasteiger partial charge < -0.3 is 10.4 Å². The van der Waals surface area contributed by atoms with Crippen LogP contribution in [0.3, 0.4) is 0 Å². The minimum Gasteiger partial charge on any atom is -0.396 e. The second-order valence-electron chi connectivity index (χ2n) is 3.42. The van der Waals surface area contributed by atoms with Gasteiger partial charge in [-0.25, -0.2) is 0 Å². The second-order valence-corrected chi connectivity index (χ2v) is 4.67. The molecule has 1 aromatic carbocycles. The fourth-order valence-electron chi connectivity index (χ4n) is 1.33. The molecule has 78 valence electrons. The lowest BCUT2D eigenvalue weighted by molar-refractivity contribution is 0.282. The van der Waals surface area contributed by atoms with E-state index in [1.54, 1.807) is 0 Å². The second kappa shape index (κ2) is 6.24. The summed E-state index contributed by atoms with van der Waals surface area (Å²) in [7, 11) is 0. The number of halogens is 1. The molecule has 0 spiro atoms. The van der Waals surface area contributed by atoms with Crippen LogP contribution in [0.15, 0.2) is 24.3 Å². The van der Waals surface area contributed by atoms with Gasteiger partial charge in [0.2, 0.25) is 0 Å². The van der Waals surface area contributed by atoms with Gasteiger partial charge in [-0.1, -0.05) is 6.07 Å². The minimum atomic E-state index is 0.276. The molecule has 14 heavy (non-hydrogen) atoms. The molecule has 0 heterocycles. The lowest BCUT2D eigenvalue weighted by Gasteiger charge is -2.14. The zero-order valence-electron chi connectivity index (χ0n) is 8.33. The Bertz CT molecular complexity index is 278. The van der Waals surface area contributed by atoms with Crippen LogP contribution in [0.1, 0.15) is 19.8 Å². The number of hydrogen-bond donors (Lipinski definition) is 2. The molecule has 0 aliphatic heterocycles. The minimum absolute atomic E-state index is 0.276. The van der Waals surface area contributed by atoms with Crippen LogP contribution in [0, 0.1) is 3.57 Å². The largest absolute Gasteiger partial charge is 0.396 e. The summed E-state index contributed by atoms with van der Waals surface area (Å²) in [6.45, 7) is 2.41. The molecule has 1 unspecified atom stereocenters. The summed E-state index contributed by atoms with van der Waals surface area (Å²) in [4.78, 5) is 0. The van der Waals surface area contributed by atoms with Crippen molar-refractivity contribution in [2.24, 2.45) is 0 Å². The average Bonchev–Trinajstić information content (AvgIpc) is 2.15. The van der Waals surface area contributed by atoms with Crippen molar-refractivity contribution >= 4 is 28.3 Å². The first kappa shape index (κ1) is 11.8. The molecule has 0 aliphatic carbocycles. The van der Waals surface area contributed by atoms with E-state index in [-0.39, 0.29) is 6.61 Å². The van der Waals surface area contributed by atoms with Crippen LogP contribution in [-0.2, 0) is 0 Å². The van der Waals surface area contributed by atoms with E-state index in [0.717, 1.165) is 18.5 Å². The van der Waals surface area contributed by atoms with Gasteiger partial charge in [-0.05, 0) is 60.6 Å².